The lowest BCUT2D eigenvalue weighted by atomic mass is 10.1. The fraction of sp³-hybridized carbons (Fsp3) is 0.889. The average molecular weight is 184 g/mol. The number of rotatable bonds is 4. The van der Waals surface area contributed by atoms with Crippen LogP contribution in [-0.2, 0) is 0 Å². The summed E-state index contributed by atoms with van der Waals surface area (Å²) >= 11 is 0. The van der Waals surface area contributed by atoms with Gasteiger partial charge in [0.25, 0.3) is 0 Å². The van der Waals surface area contributed by atoms with E-state index in [1.165, 1.54) is 19.3 Å². The van der Waals surface area contributed by atoms with Crippen LogP contribution in [0.4, 0.5) is 0 Å². The lowest BCUT2D eigenvalue weighted by Gasteiger charge is -2.18. The first-order valence-electron chi connectivity index (χ1n) is 5.00. The quantitative estimate of drug-likeness (QED) is 0.259. The van der Waals surface area contributed by atoms with Crippen molar-refractivity contribution < 1.29 is 0 Å². The molecule has 0 aromatic heterocycles. The maximum atomic E-state index is 5.29. The monoisotopic (exact) mass is 184 g/mol. The number of hydrogen-bond donors (Lipinski definition) is 3. The van der Waals surface area contributed by atoms with Crippen molar-refractivity contribution >= 4 is 5.96 Å². The van der Waals surface area contributed by atoms with Gasteiger partial charge >= 0.3 is 0 Å². The van der Waals surface area contributed by atoms with Gasteiger partial charge < -0.3 is 5.32 Å². The van der Waals surface area contributed by atoms with E-state index in [2.05, 4.69) is 22.7 Å². The molecule has 0 amide bonds. The van der Waals surface area contributed by atoms with E-state index in [0.717, 1.165) is 12.3 Å². The largest absolute Gasteiger partial charge is 0.353 e. The molecule has 0 aliphatic heterocycles. The van der Waals surface area contributed by atoms with Crippen molar-refractivity contribution in [3.05, 3.63) is 0 Å². The molecule has 4 N–H and O–H groups in total. The Morgan fingerprint density at radius 3 is 2.69 bits per heavy atom. The molecule has 4 heteroatoms. The van der Waals surface area contributed by atoms with Crippen molar-refractivity contribution in [3.8, 4) is 0 Å². The van der Waals surface area contributed by atoms with Crippen LogP contribution in [0.1, 0.15) is 32.6 Å². The number of nitrogens with zero attached hydrogens (tertiary/aromatic N) is 1. The van der Waals surface area contributed by atoms with E-state index in [1.807, 2.05) is 0 Å². The number of guanidine groups is 1. The number of hydrazine groups is 1. The zero-order valence-corrected chi connectivity index (χ0v) is 8.51. The number of nitrogens with one attached hydrogen (secondary N) is 2. The second kappa shape index (κ2) is 5.07. The molecule has 1 fully saturated rings. The molecule has 13 heavy (non-hydrogen) atoms. The SMILES string of the molecule is CCC(CC1CC1)NC(=NC)NN. The van der Waals surface area contributed by atoms with Crippen molar-refractivity contribution in [2.75, 3.05) is 7.05 Å². The highest BCUT2D eigenvalue weighted by Gasteiger charge is 2.24. The lowest BCUT2D eigenvalue weighted by molar-refractivity contribution is 0.504. The molecule has 4 nitrogen and oxygen atoms in total. The highest BCUT2D eigenvalue weighted by molar-refractivity contribution is 5.79. The Bertz CT molecular complexity index is 174. The topological polar surface area (TPSA) is 62.4 Å². The Morgan fingerprint density at radius 2 is 2.31 bits per heavy atom. The van der Waals surface area contributed by atoms with Crippen LogP contribution in [0.2, 0.25) is 0 Å². The fourth-order valence-electron chi connectivity index (χ4n) is 1.45. The van der Waals surface area contributed by atoms with Crippen LogP contribution in [-0.4, -0.2) is 19.0 Å². The number of aliphatic imine (C=N–C) groups is 1. The van der Waals surface area contributed by atoms with Crippen LogP contribution < -0.4 is 16.6 Å². The van der Waals surface area contributed by atoms with E-state index >= 15 is 0 Å². The average Bonchev–Trinajstić information content (AvgIpc) is 2.95. The van der Waals surface area contributed by atoms with Gasteiger partial charge in [-0.25, -0.2) is 5.84 Å². The van der Waals surface area contributed by atoms with Crippen molar-refractivity contribution in [1.82, 2.24) is 10.7 Å². The molecule has 0 aromatic carbocycles. The van der Waals surface area contributed by atoms with E-state index in [0.29, 0.717) is 12.0 Å². The second-order valence-corrected chi connectivity index (χ2v) is 3.65. The molecule has 0 spiro atoms. The van der Waals surface area contributed by atoms with Gasteiger partial charge in [-0.2, -0.15) is 0 Å². The molecule has 0 heterocycles. The molecule has 1 aliphatic carbocycles. The maximum absolute atomic E-state index is 5.29. The minimum absolute atomic E-state index is 0.516. The van der Waals surface area contributed by atoms with E-state index in [4.69, 9.17) is 5.84 Å². The second-order valence-electron chi connectivity index (χ2n) is 3.65. The highest BCUT2D eigenvalue weighted by atomic mass is 15.3. The van der Waals surface area contributed by atoms with Crippen LogP contribution >= 0.6 is 0 Å². The molecule has 1 rings (SSSR count). The van der Waals surface area contributed by atoms with E-state index < -0.39 is 0 Å². The summed E-state index contributed by atoms with van der Waals surface area (Å²) in [6, 6.07) is 0.516. The smallest absolute Gasteiger partial charge is 0.205 e. The molecule has 1 unspecified atom stereocenters. The molecule has 1 atom stereocenters. The third kappa shape index (κ3) is 3.63. The molecule has 1 saturated carbocycles. The van der Waals surface area contributed by atoms with E-state index in [9.17, 15) is 0 Å². The zero-order valence-electron chi connectivity index (χ0n) is 8.51. The van der Waals surface area contributed by atoms with Crippen molar-refractivity contribution in [3.63, 3.8) is 0 Å². The summed E-state index contributed by atoms with van der Waals surface area (Å²) in [4.78, 5) is 3.99. The standard InChI is InChI=1S/C9H20N4/c1-3-8(6-7-4-5-7)12-9(11-2)13-10/h7-8H,3-6,10H2,1-2H3,(H2,11,12,13). The van der Waals surface area contributed by atoms with Crippen LogP contribution in [0.15, 0.2) is 4.99 Å². The summed E-state index contributed by atoms with van der Waals surface area (Å²) in [5.41, 5.74) is 2.55. The predicted molar refractivity (Wildman–Crippen MR) is 55.2 cm³/mol. The van der Waals surface area contributed by atoms with Gasteiger partial charge in [0.2, 0.25) is 5.96 Å². The molecule has 0 radical (unpaired) electrons. The van der Waals surface area contributed by atoms with Gasteiger partial charge in [0.15, 0.2) is 0 Å². The zero-order chi connectivity index (χ0) is 9.68. The molecule has 1 aliphatic rings. The van der Waals surface area contributed by atoms with Crippen molar-refractivity contribution in [1.29, 1.82) is 0 Å². The van der Waals surface area contributed by atoms with Gasteiger partial charge in [0.1, 0.15) is 0 Å². The highest BCUT2D eigenvalue weighted by Crippen LogP contribution is 2.33. The van der Waals surface area contributed by atoms with Gasteiger partial charge in [0.05, 0.1) is 0 Å². The Hall–Kier alpha value is -0.770. The van der Waals surface area contributed by atoms with Gasteiger partial charge in [-0.1, -0.05) is 19.8 Å². The Balaban J connectivity index is 2.28. The Labute approximate surface area is 80.0 Å². The van der Waals surface area contributed by atoms with E-state index in [1.54, 1.807) is 7.05 Å². The third-order valence-electron chi connectivity index (χ3n) is 2.51. The molecule has 0 aromatic rings. The van der Waals surface area contributed by atoms with Crippen molar-refractivity contribution in [2.45, 2.75) is 38.6 Å². The fourth-order valence-corrected chi connectivity index (χ4v) is 1.45. The first-order chi connectivity index (χ1) is 6.30. The third-order valence-corrected chi connectivity index (χ3v) is 2.51. The number of nitrogens with two attached hydrogens (primary N) is 1. The molecule has 0 saturated heterocycles. The van der Waals surface area contributed by atoms with Crippen LogP contribution in [0, 0.1) is 5.92 Å². The van der Waals surface area contributed by atoms with Crippen molar-refractivity contribution in [2.24, 2.45) is 16.8 Å². The minimum Gasteiger partial charge on any atom is -0.353 e. The predicted octanol–water partition coefficient (Wildman–Crippen LogP) is 0.604. The summed E-state index contributed by atoms with van der Waals surface area (Å²) in [5, 5.41) is 3.29. The maximum Gasteiger partial charge on any atom is 0.205 e. The van der Waals surface area contributed by atoms with E-state index in [-0.39, 0.29) is 0 Å². The Morgan fingerprint density at radius 1 is 1.62 bits per heavy atom. The Kier molecular flexibility index (Phi) is 4.02. The molecular formula is C9H20N4. The van der Waals surface area contributed by atoms with Gasteiger partial charge in [-0.15, -0.1) is 0 Å². The van der Waals surface area contributed by atoms with Gasteiger partial charge in [-0.05, 0) is 18.8 Å². The van der Waals surface area contributed by atoms with Gasteiger partial charge in [0, 0.05) is 13.1 Å². The lowest BCUT2D eigenvalue weighted by Crippen LogP contribution is -2.46. The molecule has 0 bridgehead atoms. The van der Waals surface area contributed by atoms with Crippen LogP contribution in [0.3, 0.4) is 0 Å². The first kappa shape index (κ1) is 10.3. The first-order valence-corrected chi connectivity index (χ1v) is 5.00. The van der Waals surface area contributed by atoms with Crippen LogP contribution in [0.5, 0.6) is 0 Å². The molecular weight excluding hydrogens is 164 g/mol. The summed E-state index contributed by atoms with van der Waals surface area (Å²) < 4.78 is 0. The molecule has 76 valence electrons. The van der Waals surface area contributed by atoms with Gasteiger partial charge in [-0.3, -0.25) is 10.4 Å². The normalized spacial score (nSPS) is 19.8. The summed E-state index contributed by atoms with van der Waals surface area (Å²) in [6.45, 7) is 2.18. The van der Waals surface area contributed by atoms with Crippen LogP contribution in [0.25, 0.3) is 0 Å². The summed E-state index contributed by atoms with van der Waals surface area (Å²) in [6.07, 6.45) is 5.16. The summed E-state index contributed by atoms with van der Waals surface area (Å²) in [5.74, 6) is 6.92. The summed E-state index contributed by atoms with van der Waals surface area (Å²) in [7, 11) is 1.73. The number of hydrogen-bond acceptors (Lipinski definition) is 2. The minimum atomic E-state index is 0.516.